The fourth-order valence-electron chi connectivity index (χ4n) is 4.77. The van der Waals surface area contributed by atoms with E-state index >= 15 is 0 Å². The van der Waals surface area contributed by atoms with E-state index in [4.69, 9.17) is 4.74 Å². The highest BCUT2D eigenvalue weighted by molar-refractivity contribution is 5.80. The van der Waals surface area contributed by atoms with Crippen molar-refractivity contribution in [3.63, 3.8) is 0 Å². The first-order valence-corrected chi connectivity index (χ1v) is 10.8. The topological polar surface area (TPSA) is 43.3 Å². The van der Waals surface area contributed by atoms with Crippen molar-refractivity contribution in [1.29, 1.82) is 0 Å². The largest absolute Gasteiger partial charge is 0.379 e. The fraction of sp³-hybridized carbons (Fsp3) is 0.682. The highest BCUT2D eigenvalue weighted by Crippen LogP contribution is 2.20. The molecule has 2 atom stereocenters. The molecule has 3 aliphatic heterocycles. The molecule has 4 rings (SSSR count). The second-order valence-corrected chi connectivity index (χ2v) is 8.30. The molecule has 0 radical (unpaired) electrons. The van der Waals surface area contributed by atoms with Gasteiger partial charge in [0.2, 0.25) is 0 Å². The van der Waals surface area contributed by atoms with Crippen molar-refractivity contribution in [3.05, 3.63) is 35.4 Å². The van der Waals surface area contributed by atoms with Crippen LogP contribution in [-0.2, 0) is 17.7 Å². The molecule has 3 heterocycles. The summed E-state index contributed by atoms with van der Waals surface area (Å²) < 4.78 is 5.50. The fourth-order valence-corrected chi connectivity index (χ4v) is 4.77. The van der Waals surface area contributed by atoms with Crippen LogP contribution >= 0.6 is 0 Å². The number of hydrogen-bond acceptors (Lipinski definition) is 4. The van der Waals surface area contributed by atoms with Gasteiger partial charge >= 0.3 is 0 Å². The summed E-state index contributed by atoms with van der Waals surface area (Å²) in [7, 11) is 1.91. The van der Waals surface area contributed by atoms with Crippen LogP contribution in [0.2, 0.25) is 0 Å². The van der Waals surface area contributed by atoms with Crippen molar-refractivity contribution < 1.29 is 4.74 Å². The van der Waals surface area contributed by atoms with Crippen LogP contribution in [0.25, 0.3) is 0 Å². The number of nitrogens with zero attached hydrogens (tertiary/aromatic N) is 4. The molecular weight excluding hydrogens is 350 g/mol. The zero-order chi connectivity index (χ0) is 19.3. The molecule has 0 saturated carbocycles. The summed E-state index contributed by atoms with van der Waals surface area (Å²) in [6.45, 7) is 11.5. The standard InChI is InChI=1S/C22H35N5O/c1-18(26-9-7-19-5-3-4-6-20(19)16-26)15-24-22(23-2)27-10-8-21(17-27)25-11-13-28-14-12-25/h3-6,18,21H,7-17H2,1-2H3,(H,23,24). The lowest BCUT2D eigenvalue weighted by Crippen LogP contribution is -2.49. The van der Waals surface area contributed by atoms with Gasteiger partial charge in [-0.25, -0.2) is 0 Å². The maximum Gasteiger partial charge on any atom is 0.193 e. The molecule has 2 saturated heterocycles. The predicted octanol–water partition coefficient (Wildman–Crippen LogP) is 1.42. The van der Waals surface area contributed by atoms with Crippen LogP contribution < -0.4 is 5.32 Å². The van der Waals surface area contributed by atoms with Crippen LogP contribution in [0, 0.1) is 0 Å². The first kappa shape index (κ1) is 19.7. The number of nitrogens with one attached hydrogen (secondary N) is 1. The zero-order valence-corrected chi connectivity index (χ0v) is 17.4. The molecule has 2 unspecified atom stereocenters. The predicted molar refractivity (Wildman–Crippen MR) is 114 cm³/mol. The van der Waals surface area contributed by atoms with Gasteiger partial charge in [-0.2, -0.15) is 0 Å². The molecule has 0 aliphatic carbocycles. The molecular formula is C22H35N5O. The van der Waals surface area contributed by atoms with E-state index in [1.165, 1.54) is 17.5 Å². The van der Waals surface area contributed by atoms with Gasteiger partial charge in [-0.1, -0.05) is 24.3 Å². The van der Waals surface area contributed by atoms with Gasteiger partial charge in [0.25, 0.3) is 0 Å². The van der Waals surface area contributed by atoms with E-state index in [1.807, 2.05) is 7.05 Å². The van der Waals surface area contributed by atoms with E-state index in [0.717, 1.165) is 71.4 Å². The molecule has 6 nitrogen and oxygen atoms in total. The van der Waals surface area contributed by atoms with E-state index in [-0.39, 0.29) is 0 Å². The van der Waals surface area contributed by atoms with Gasteiger partial charge in [0.15, 0.2) is 5.96 Å². The number of benzene rings is 1. The number of likely N-dealkylation sites (tertiary alicyclic amines) is 1. The Bertz CT molecular complexity index is 673. The highest BCUT2D eigenvalue weighted by atomic mass is 16.5. The van der Waals surface area contributed by atoms with Crippen LogP contribution in [-0.4, -0.2) is 92.3 Å². The van der Waals surface area contributed by atoms with E-state index in [2.05, 4.69) is 56.2 Å². The minimum absolute atomic E-state index is 0.489. The number of aliphatic imine (C=N–C) groups is 1. The molecule has 0 aromatic heterocycles. The summed E-state index contributed by atoms with van der Waals surface area (Å²) in [4.78, 5) is 12.2. The summed E-state index contributed by atoms with van der Waals surface area (Å²) in [6, 6.07) is 9.99. The van der Waals surface area contributed by atoms with Crippen molar-refractivity contribution in [2.45, 2.75) is 38.4 Å². The molecule has 28 heavy (non-hydrogen) atoms. The van der Waals surface area contributed by atoms with Gasteiger partial charge in [-0.3, -0.25) is 14.8 Å². The first-order chi connectivity index (χ1) is 13.7. The Morgan fingerprint density at radius 2 is 1.96 bits per heavy atom. The minimum atomic E-state index is 0.489. The van der Waals surface area contributed by atoms with Gasteiger partial charge in [0, 0.05) is 64.9 Å². The second kappa shape index (κ2) is 9.25. The smallest absolute Gasteiger partial charge is 0.193 e. The van der Waals surface area contributed by atoms with Gasteiger partial charge in [-0.15, -0.1) is 0 Å². The summed E-state index contributed by atoms with van der Waals surface area (Å²) in [5.74, 6) is 1.06. The summed E-state index contributed by atoms with van der Waals surface area (Å²) in [5.41, 5.74) is 3.00. The zero-order valence-electron chi connectivity index (χ0n) is 17.4. The third kappa shape index (κ3) is 4.50. The van der Waals surface area contributed by atoms with Crippen molar-refractivity contribution >= 4 is 5.96 Å². The maximum atomic E-state index is 5.50. The maximum absolute atomic E-state index is 5.50. The number of guanidine groups is 1. The van der Waals surface area contributed by atoms with Gasteiger partial charge in [0.05, 0.1) is 13.2 Å². The number of hydrogen-bond donors (Lipinski definition) is 1. The van der Waals surface area contributed by atoms with Crippen molar-refractivity contribution in [1.82, 2.24) is 20.0 Å². The molecule has 6 heteroatoms. The SMILES string of the molecule is CN=C(NCC(C)N1CCc2ccccc2C1)N1CCC(N2CCOCC2)C1. The molecule has 0 bridgehead atoms. The molecule has 0 spiro atoms. The molecule has 1 aromatic carbocycles. The van der Waals surface area contributed by atoms with Gasteiger partial charge in [-0.05, 0) is 30.9 Å². The minimum Gasteiger partial charge on any atom is -0.379 e. The third-order valence-electron chi connectivity index (χ3n) is 6.58. The quantitative estimate of drug-likeness (QED) is 0.627. The van der Waals surface area contributed by atoms with Gasteiger partial charge < -0.3 is 15.0 Å². The van der Waals surface area contributed by atoms with Gasteiger partial charge in [0.1, 0.15) is 0 Å². The Morgan fingerprint density at radius 3 is 2.75 bits per heavy atom. The monoisotopic (exact) mass is 385 g/mol. The lowest BCUT2D eigenvalue weighted by molar-refractivity contribution is 0.0194. The third-order valence-corrected chi connectivity index (χ3v) is 6.58. The lowest BCUT2D eigenvalue weighted by atomic mass is 9.99. The summed E-state index contributed by atoms with van der Waals surface area (Å²) in [6.07, 6.45) is 2.38. The summed E-state index contributed by atoms with van der Waals surface area (Å²) in [5, 5.41) is 3.65. The Morgan fingerprint density at radius 1 is 1.18 bits per heavy atom. The number of ether oxygens (including phenoxy) is 1. The van der Waals surface area contributed by atoms with Crippen molar-refractivity contribution in [3.8, 4) is 0 Å². The highest BCUT2D eigenvalue weighted by Gasteiger charge is 2.30. The van der Waals surface area contributed by atoms with Crippen LogP contribution in [0.5, 0.6) is 0 Å². The molecule has 2 fully saturated rings. The van der Waals surface area contributed by atoms with E-state index in [9.17, 15) is 0 Å². The second-order valence-electron chi connectivity index (χ2n) is 8.30. The van der Waals surface area contributed by atoms with E-state index < -0.39 is 0 Å². The molecule has 1 aromatic rings. The van der Waals surface area contributed by atoms with Crippen molar-refractivity contribution in [2.24, 2.45) is 4.99 Å². The van der Waals surface area contributed by atoms with E-state index in [1.54, 1.807) is 0 Å². The first-order valence-electron chi connectivity index (χ1n) is 10.8. The van der Waals surface area contributed by atoms with E-state index in [0.29, 0.717) is 12.1 Å². The number of rotatable bonds is 4. The lowest BCUT2D eigenvalue weighted by Gasteiger charge is -2.35. The van der Waals surface area contributed by atoms with Crippen molar-refractivity contribution in [2.75, 3.05) is 59.5 Å². The van der Waals surface area contributed by atoms with Crippen LogP contribution in [0.1, 0.15) is 24.5 Å². The molecule has 0 amide bonds. The normalized spacial score (nSPS) is 25.6. The average Bonchev–Trinajstić information content (AvgIpc) is 3.24. The Hall–Kier alpha value is -1.63. The molecule has 154 valence electrons. The number of fused-ring (bicyclic) bond motifs is 1. The number of morpholine rings is 1. The Labute approximate surface area is 169 Å². The Kier molecular flexibility index (Phi) is 6.50. The average molecular weight is 386 g/mol. The molecule has 3 aliphatic rings. The van der Waals surface area contributed by atoms with Crippen LogP contribution in [0.3, 0.4) is 0 Å². The Balaban J connectivity index is 1.26. The van der Waals surface area contributed by atoms with Crippen LogP contribution in [0.4, 0.5) is 0 Å². The molecule has 1 N–H and O–H groups in total. The summed E-state index contributed by atoms with van der Waals surface area (Å²) >= 11 is 0. The van der Waals surface area contributed by atoms with Crippen LogP contribution in [0.15, 0.2) is 29.3 Å².